The zero-order chi connectivity index (χ0) is 11.6. The Hall–Kier alpha value is -0.870. The van der Waals surface area contributed by atoms with Crippen molar-refractivity contribution >= 4 is 0 Å². The summed E-state index contributed by atoms with van der Waals surface area (Å²) in [5, 5.41) is 14.1. The SMILES string of the molecule is CCn1ccc(C2(CN)CCC(O)CC2)n1. The number of aryl methyl sites for hydroxylation is 1. The predicted octanol–water partition coefficient (Wildman–Crippen LogP) is 1.03. The third-order valence-electron chi connectivity index (χ3n) is 3.81. The van der Waals surface area contributed by atoms with Crippen LogP contribution in [0.4, 0.5) is 0 Å². The summed E-state index contributed by atoms with van der Waals surface area (Å²) in [6.07, 6.45) is 5.45. The molecular weight excluding hydrogens is 202 g/mol. The van der Waals surface area contributed by atoms with E-state index in [1.165, 1.54) is 0 Å². The quantitative estimate of drug-likeness (QED) is 0.804. The molecule has 1 fully saturated rings. The number of aliphatic hydroxyl groups excluding tert-OH is 1. The van der Waals surface area contributed by atoms with Gasteiger partial charge in [0.2, 0.25) is 0 Å². The normalized spacial score (nSPS) is 30.6. The van der Waals surface area contributed by atoms with Crippen LogP contribution in [-0.4, -0.2) is 27.5 Å². The van der Waals surface area contributed by atoms with Gasteiger partial charge in [-0.05, 0) is 38.7 Å². The number of aliphatic hydroxyl groups is 1. The Morgan fingerprint density at radius 3 is 2.75 bits per heavy atom. The van der Waals surface area contributed by atoms with E-state index in [2.05, 4.69) is 18.1 Å². The van der Waals surface area contributed by atoms with E-state index in [-0.39, 0.29) is 11.5 Å². The minimum atomic E-state index is -0.145. The molecule has 1 aliphatic carbocycles. The molecule has 1 heterocycles. The Bertz CT molecular complexity index is 340. The van der Waals surface area contributed by atoms with Gasteiger partial charge in [-0.3, -0.25) is 4.68 Å². The average Bonchev–Trinajstić information content (AvgIpc) is 2.80. The molecule has 0 bridgehead atoms. The number of hydrogen-bond acceptors (Lipinski definition) is 3. The third kappa shape index (κ3) is 1.99. The van der Waals surface area contributed by atoms with Crippen LogP contribution in [0.25, 0.3) is 0 Å². The van der Waals surface area contributed by atoms with Crippen LogP contribution in [-0.2, 0) is 12.0 Å². The molecule has 0 saturated heterocycles. The maximum Gasteiger partial charge on any atom is 0.0698 e. The van der Waals surface area contributed by atoms with Gasteiger partial charge < -0.3 is 10.8 Å². The van der Waals surface area contributed by atoms with Crippen molar-refractivity contribution in [3.05, 3.63) is 18.0 Å². The van der Waals surface area contributed by atoms with E-state index in [1.807, 2.05) is 10.9 Å². The van der Waals surface area contributed by atoms with Gasteiger partial charge in [-0.25, -0.2) is 0 Å². The molecule has 2 rings (SSSR count). The molecule has 1 saturated carbocycles. The fraction of sp³-hybridized carbons (Fsp3) is 0.750. The molecule has 0 atom stereocenters. The monoisotopic (exact) mass is 223 g/mol. The van der Waals surface area contributed by atoms with Gasteiger partial charge in [0, 0.05) is 24.7 Å². The van der Waals surface area contributed by atoms with Crippen molar-refractivity contribution in [2.75, 3.05) is 6.54 Å². The minimum Gasteiger partial charge on any atom is -0.393 e. The second-order valence-electron chi connectivity index (χ2n) is 4.77. The number of nitrogens with two attached hydrogens (primary N) is 1. The average molecular weight is 223 g/mol. The Morgan fingerprint density at radius 2 is 2.25 bits per heavy atom. The van der Waals surface area contributed by atoms with Crippen molar-refractivity contribution in [2.45, 2.75) is 50.7 Å². The highest BCUT2D eigenvalue weighted by atomic mass is 16.3. The summed E-state index contributed by atoms with van der Waals surface area (Å²) in [6, 6.07) is 2.08. The van der Waals surface area contributed by atoms with Gasteiger partial charge in [0.25, 0.3) is 0 Å². The van der Waals surface area contributed by atoms with Gasteiger partial charge in [-0.1, -0.05) is 0 Å². The van der Waals surface area contributed by atoms with Crippen LogP contribution in [0.3, 0.4) is 0 Å². The first kappa shape index (κ1) is 11.6. The maximum atomic E-state index is 9.57. The van der Waals surface area contributed by atoms with Crippen LogP contribution < -0.4 is 5.73 Å². The van der Waals surface area contributed by atoms with Gasteiger partial charge >= 0.3 is 0 Å². The summed E-state index contributed by atoms with van der Waals surface area (Å²) in [5.41, 5.74) is 7.04. The summed E-state index contributed by atoms with van der Waals surface area (Å²) in [5.74, 6) is 0. The van der Waals surface area contributed by atoms with Crippen molar-refractivity contribution in [1.29, 1.82) is 0 Å². The molecule has 0 aliphatic heterocycles. The van der Waals surface area contributed by atoms with E-state index in [4.69, 9.17) is 5.73 Å². The molecule has 16 heavy (non-hydrogen) atoms. The Labute approximate surface area is 96.5 Å². The van der Waals surface area contributed by atoms with Crippen molar-refractivity contribution in [3.8, 4) is 0 Å². The zero-order valence-corrected chi connectivity index (χ0v) is 9.89. The zero-order valence-electron chi connectivity index (χ0n) is 9.89. The molecule has 1 aromatic rings. The van der Waals surface area contributed by atoms with Gasteiger partial charge in [0.1, 0.15) is 0 Å². The van der Waals surface area contributed by atoms with Crippen LogP contribution in [0.2, 0.25) is 0 Å². The first-order valence-electron chi connectivity index (χ1n) is 6.12. The second-order valence-corrected chi connectivity index (χ2v) is 4.77. The van der Waals surface area contributed by atoms with E-state index in [1.54, 1.807) is 0 Å². The molecule has 3 N–H and O–H groups in total. The largest absolute Gasteiger partial charge is 0.393 e. The lowest BCUT2D eigenvalue weighted by atomic mass is 9.71. The van der Waals surface area contributed by atoms with Crippen molar-refractivity contribution in [1.82, 2.24) is 9.78 Å². The van der Waals surface area contributed by atoms with E-state index < -0.39 is 0 Å². The van der Waals surface area contributed by atoms with Crippen LogP contribution in [0.1, 0.15) is 38.3 Å². The van der Waals surface area contributed by atoms with Crippen LogP contribution >= 0.6 is 0 Å². The minimum absolute atomic E-state index is 0.000347. The summed E-state index contributed by atoms with van der Waals surface area (Å²) in [4.78, 5) is 0. The summed E-state index contributed by atoms with van der Waals surface area (Å²) >= 11 is 0. The summed E-state index contributed by atoms with van der Waals surface area (Å²) in [7, 11) is 0. The van der Waals surface area contributed by atoms with E-state index in [0.717, 1.165) is 37.9 Å². The Balaban J connectivity index is 2.20. The fourth-order valence-electron chi connectivity index (χ4n) is 2.54. The Kier molecular flexibility index (Phi) is 3.30. The first-order valence-corrected chi connectivity index (χ1v) is 6.12. The molecule has 0 amide bonds. The molecule has 90 valence electrons. The summed E-state index contributed by atoms with van der Waals surface area (Å²) in [6.45, 7) is 3.60. The summed E-state index contributed by atoms with van der Waals surface area (Å²) < 4.78 is 1.94. The predicted molar refractivity (Wildman–Crippen MR) is 63.1 cm³/mol. The van der Waals surface area contributed by atoms with E-state index in [9.17, 15) is 5.11 Å². The highest BCUT2D eigenvalue weighted by Crippen LogP contribution is 2.37. The molecule has 0 radical (unpaired) electrons. The maximum absolute atomic E-state index is 9.57. The van der Waals surface area contributed by atoms with Crippen LogP contribution in [0, 0.1) is 0 Å². The second kappa shape index (κ2) is 4.55. The molecule has 4 nitrogen and oxygen atoms in total. The molecule has 1 aliphatic rings. The van der Waals surface area contributed by atoms with Crippen molar-refractivity contribution in [3.63, 3.8) is 0 Å². The van der Waals surface area contributed by atoms with E-state index in [0.29, 0.717) is 6.54 Å². The number of aromatic nitrogens is 2. The Morgan fingerprint density at radius 1 is 1.56 bits per heavy atom. The molecule has 1 aromatic heterocycles. The van der Waals surface area contributed by atoms with E-state index >= 15 is 0 Å². The number of hydrogen-bond donors (Lipinski definition) is 2. The lowest BCUT2D eigenvalue weighted by Gasteiger charge is -2.36. The topological polar surface area (TPSA) is 64.1 Å². The highest BCUT2D eigenvalue weighted by molar-refractivity contribution is 5.17. The molecule has 0 spiro atoms. The molecular formula is C12H21N3O. The highest BCUT2D eigenvalue weighted by Gasteiger charge is 2.37. The van der Waals surface area contributed by atoms with Crippen LogP contribution in [0.15, 0.2) is 12.3 Å². The smallest absolute Gasteiger partial charge is 0.0698 e. The molecule has 0 unspecified atom stereocenters. The van der Waals surface area contributed by atoms with Gasteiger partial charge in [0.15, 0.2) is 0 Å². The molecule has 0 aromatic carbocycles. The van der Waals surface area contributed by atoms with Crippen molar-refractivity contribution in [2.24, 2.45) is 5.73 Å². The standard InChI is InChI=1S/C12H21N3O/c1-2-15-8-5-11(14-15)12(9-13)6-3-10(16)4-7-12/h5,8,10,16H,2-4,6-7,9,13H2,1H3. The first-order chi connectivity index (χ1) is 7.70. The van der Waals surface area contributed by atoms with Crippen LogP contribution in [0.5, 0.6) is 0 Å². The van der Waals surface area contributed by atoms with Gasteiger partial charge in [-0.15, -0.1) is 0 Å². The lowest BCUT2D eigenvalue weighted by Crippen LogP contribution is -2.40. The van der Waals surface area contributed by atoms with Gasteiger partial charge in [0.05, 0.1) is 11.8 Å². The fourth-order valence-corrected chi connectivity index (χ4v) is 2.54. The third-order valence-corrected chi connectivity index (χ3v) is 3.81. The molecule has 4 heteroatoms. The number of nitrogens with zero attached hydrogens (tertiary/aromatic N) is 2. The van der Waals surface area contributed by atoms with Crippen molar-refractivity contribution < 1.29 is 5.11 Å². The lowest BCUT2D eigenvalue weighted by molar-refractivity contribution is 0.0959. The van der Waals surface area contributed by atoms with Gasteiger partial charge in [-0.2, -0.15) is 5.10 Å². The number of rotatable bonds is 3.